The van der Waals surface area contributed by atoms with E-state index in [-0.39, 0.29) is 5.91 Å². The number of aryl methyl sites for hydroxylation is 2. The molecule has 0 bridgehead atoms. The molecular weight excluding hydrogens is 238 g/mol. The summed E-state index contributed by atoms with van der Waals surface area (Å²) in [5.74, 6) is -0.205. The molecule has 0 saturated heterocycles. The lowest BCUT2D eigenvalue weighted by atomic mass is 10.1. The third kappa shape index (κ3) is 3.10. The largest absolute Gasteiger partial charge is 0.388 e. The van der Waals surface area contributed by atoms with Crippen molar-refractivity contribution in [1.82, 2.24) is 4.98 Å². The Labute approximate surface area is 112 Å². The minimum absolute atomic E-state index is 0.205. The molecule has 1 amide bonds. The zero-order valence-electron chi connectivity index (χ0n) is 11.3. The molecule has 0 spiro atoms. The highest BCUT2D eigenvalue weighted by atomic mass is 16.1. The minimum atomic E-state index is -0.205. The lowest BCUT2D eigenvalue weighted by molar-refractivity contribution is 0.102. The van der Waals surface area contributed by atoms with Gasteiger partial charge in [0.2, 0.25) is 0 Å². The van der Waals surface area contributed by atoms with Gasteiger partial charge in [0, 0.05) is 24.6 Å². The summed E-state index contributed by atoms with van der Waals surface area (Å²) in [5, 5.41) is 5.86. The highest BCUT2D eigenvalue weighted by Gasteiger charge is 2.09. The third-order valence-electron chi connectivity index (χ3n) is 2.91. The van der Waals surface area contributed by atoms with E-state index in [0.29, 0.717) is 5.69 Å². The number of aromatic nitrogens is 1. The van der Waals surface area contributed by atoms with Crippen LogP contribution in [-0.4, -0.2) is 17.9 Å². The molecule has 0 radical (unpaired) electrons. The van der Waals surface area contributed by atoms with Crippen molar-refractivity contribution in [2.24, 2.45) is 0 Å². The molecule has 4 heteroatoms. The van der Waals surface area contributed by atoms with E-state index in [9.17, 15) is 4.79 Å². The van der Waals surface area contributed by atoms with Crippen LogP contribution in [0.5, 0.6) is 0 Å². The summed E-state index contributed by atoms with van der Waals surface area (Å²) in [6.45, 7) is 4.00. The van der Waals surface area contributed by atoms with Crippen molar-refractivity contribution in [1.29, 1.82) is 0 Å². The van der Waals surface area contributed by atoms with Gasteiger partial charge in [0.1, 0.15) is 5.69 Å². The number of rotatable bonds is 3. The Morgan fingerprint density at radius 2 is 1.95 bits per heavy atom. The normalized spacial score (nSPS) is 10.1. The molecule has 2 aromatic rings. The molecule has 0 aliphatic heterocycles. The highest BCUT2D eigenvalue weighted by molar-refractivity contribution is 6.03. The van der Waals surface area contributed by atoms with Crippen molar-refractivity contribution in [2.45, 2.75) is 13.8 Å². The van der Waals surface area contributed by atoms with E-state index in [1.807, 2.05) is 38.1 Å². The topological polar surface area (TPSA) is 54.0 Å². The van der Waals surface area contributed by atoms with Crippen molar-refractivity contribution in [2.75, 3.05) is 17.7 Å². The van der Waals surface area contributed by atoms with E-state index in [1.165, 1.54) is 5.56 Å². The number of benzene rings is 1. The lowest BCUT2D eigenvalue weighted by Crippen LogP contribution is -2.14. The summed E-state index contributed by atoms with van der Waals surface area (Å²) in [7, 11) is 1.81. The van der Waals surface area contributed by atoms with E-state index in [4.69, 9.17) is 0 Å². The summed E-state index contributed by atoms with van der Waals surface area (Å²) in [5.41, 5.74) is 4.28. The quantitative estimate of drug-likeness (QED) is 0.886. The van der Waals surface area contributed by atoms with Gasteiger partial charge in [-0.3, -0.25) is 9.78 Å². The van der Waals surface area contributed by atoms with Crippen LogP contribution in [0.2, 0.25) is 0 Å². The number of amides is 1. The van der Waals surface area contributed by atoms with Gasteiger partial charge in [-0.1, -0.05) is 17.7 Å². The standard InChI is InChI=1S/C15H17N3O/c1-10-4-5-13(11(2)8-10)18-15(19)14-9-12(16-3)6-7-17-14/h4-9H,1-3H3,(H,16,17)(H,18,19). The summed E-state index contributed by atoms with van der Waals surface area (Å²) in [6, 6.07) is 9.45. The molecule has 1 aromatic heterocycles. The zero-order chi connectivity index (χ0) is 13.8. The first-order valence-electron chi connectivity index (χ1n) is 6.12. The molecule has 2 rings (SSSR count). The molecule has 4 nitrogen and oxygen atoms in total. The summed E-state index contributed by atoms with van der Waals surface area (Å²) < 4.78 is 0. The molecule has 98 valence electrons. The summed E-state index contributed by atoms with van der Waals surface area (Å²) >= 11 is 0. The second-order valence-corrected chi connectivity index (χ2v) is 4.45. The zero-order valence-corrected chi connectivity index (χ0v) is 11.3. The first-order chi connectivity index (χ1) is 9.10. The molecule has 0 aliphatic rings. The van der Waals surface area contributed by atoms with Crippen LogP contribution in [0.4, 0.5) is 11.4 Å². The first kappa shape index (κ1) is 13.1. The van der Waals surface area contributed by atoms with Gasteiger partial charge >= 0.3 is 0 Å². The van der Waals surface area contributed by atoms with Crippen LogP contribution in [0.25, 0.3) is 0 Å². The van der Waals surface area contributed by atoms with Gasteiger partial charge in [-0.25, -0.2) is 0 Å². The van der Waals surface area contributed by atoms with E-state index < -0.39 is 0 Å². The predicted molar refractivity (Wildman–Crippen MR) is 77.7 cm³/mol. The minimum Gasteiger partial charge on any atom is -0.388 e. The number of nitrogens with zero attached hydrogens (tertiary/aromatic N) is 1. The third-order valence-corrected chi connectivity index (χ3v) is 2.91. The van der Waals surface area contributed by atoms with Crippen molar-refractivity contribution < 1.29 is 4.79 Å². The molecule has 1 aromatic carbocycles. The number of carbonyl (C=O) groups is 1. The number of carbonyl (C=O) groups excluding carboxylic acids is 1. The number of nitrogens with one attached hydrogen (secondary N) is 2. The van der Waals surface area contributed by atoms with E-state index >= 15 is 0 Å². The lowest BCUT2D eigenvalue weighted by Gasteiger charge is -2.09. The van der Waals surface area contributed by atoms with Crippen LogP contribution >= 0.6 is 0 Å². The monoisotopic (exact) mass is 255 g/mol. The van der Waals surface area contributed by atoms with Crippen LogP contribution < -0.4 is 10.6 Å². The maximum atomic E-state index is 12.1. The Balaban J connectivity index is 2.20. The Morgan fingerprint density at radius 3 is 2.63 bits per heavy atom. The van der Waals surface area contributed by atoms with Crippen molar-refractivity contribution in [3.05, 3.63) is 53.3 Å². The van der Waals surface area contributed by atoms with Gasteiger partial charge in [0.25, 0.3) is 5.91 Å². The molecule has 19 heavy (non-hydrogen) atoms. The molecule has 0 unspecified atom stereocenters. The van der Waals surface area contributed by atoms with Crippen molar-refractivity contribution >= 4 is 17.3 Å². The first-order valence-corrected chi connectivity index (χ1v) is 6.12. The fraction of sp³-hybridized carbons (Fsp3) is 0.200. The Bertz CT molecular complexity index is 608. The van der Waals surface area contributed by atoms with Gasteiger partial charge in [0.15, 0.2) is 0 Å². The molecular formula is C15H17N3O. The highest BCUT2D eigenvalue weighted by Crippen LogP contribution is 2.17. The SMILES string of the molecule is CNc1ccnc(C(=O)Nc2ccc(C)cc2C)c1. The van der Waals surface area contributed by atoms with Gasteiger partial charge in [-0.2, -0.15) is 0 Å². The van der Waals surface area contributed by atoms with Crippen molar-refractivity contribution in [3.8, 4) is 0 Å². The Hall–Kier alpha value is -2.36. The van der Waals surface area contributed by atoms with Crippen LogP contribution in [0.15, 0.2) is 36.5 Å². The average Bonchev–Trinajstić information content (AvgIpc) is 2.42. The maximum absolute atomic E-state index is 12.1. The van der Waals surface area contributed by atoms with Crippen LogP contribution in [0, 0.1) is 13.8 Å². The molecule has 0 fully saturated rings. The molecule has 0 atom stereocenters. The molecule has 0 saturated carbocycles. The Morgan fingerprint density at radius 1 is 1.16 bits per heavy atom. The van der Waals surface area contributed by atoms with Gasteiger partial charge in [-0.15, -0.1) is 0 Å². The van der Waals surface area contributed by atoms with Gasteiger partial charge < -0.3 is 10.6 Å². The summed E-state index contributed by atoms with van der Waals surface area (Å²) in [4.78, 5) is 16.2. The van der Waals surface area contributed by atoms with E-state index in [1.54, 1.807) is 19.3 Å². The maximum Gasteiger partial charge on any atom is 0.274 e. The number of hydrogen-bond acceptors (Lipinski definition) is 3. The second kappa shape index (κ2) is 5.52. The average molecular weight is 255 g/mol. The van der Waals surface area contributed by atoms with E-state index in [0.717, 1.165) is 16.9 Å². The van der Waals surface area contributed by atoms with Crippen LogP contribution in [0.3, 0.4) is 0 Å². The molecule has 0 aliphatic carbocycles. The van der Waals surface area contributed by atoms with Crippen molar-refractivity contribution in [3.63, 3.8) is 0 Å². The molecule has 2 N–H and O–H groups in total. The fourth-order valence-corrected chi connectivity index (χ4v) is 1.85. The van der Waals surface area contributed by atoms with Crippen LogP contribution in [0.1, 0.15) is 21.6 Å². The number of anilines is 2. The van der Waals surface area contributed by atoms with Gasteiger partial charge in [0.05, 0.1) is 0 Å². The van der Waals surface area contributed by atoms with Gasteiger partial charge in [-0.05, 0) is 37.6 Å². The Kier molecular flexibility index (Phi) is 3.80. The number of pyridine rings is 1. The van der Waals surface area contributed by atoms with E-state index in [2.05, 4.69) is 15.6 Å². The predicted octanol–water partition coefficient (Wildman–Crippen LogP) is 2.99. The fourth-order valence-electron chi connectivity index (χ4n) is 1.85. The van der Waals surface area contributed by atoms with Crippen LogP contribution in [-0.2, 0) is 0 Å². The molecule has 1 heterocycles. The second-order valence-electron chi connectivity index (χ2n) is 4.45. The summed E-state index contributed by atoms with van der Waals surface area (Å²) in [6.07, 6.45) is 1.61. The smallest absolute Gasteiger partial charge is 0.274 e. The number of hydrogen-bond donors (Lipinski definition) is 2.